The van der Waals surface area contributed by atoms with Gasteiger partial charge in [-0.25, -0.2) is 4.98 Å². The Morgan fingerprint density at radius 3 is 2.96 bits per heavy atom. The number of ether oxygens (including phenoxy) is 1. The van der Waals surface area contributed by atoms with Gasteiger partial charge in [0.2, 0.25) is 5.91 Å². The van der Waals surface area contributed by atoms with Crippen molar-refractivity contribution in [2.24, 2.45) is 5.92 Å². The van der Waals surface area contributed by atoms with Crippen molar-refractivity contribution in [3.63, 3.8) is 0 Å². The number of pyridine rings is 1. The number of anilines is 1. The average Bonchev–Trinajstić information content (AvgIpc) is 3.30. The zero-order valence-corrected chi connectivity index (χ0v) is 14.1. The van der Waals surface area contributed by atoms with Crippen LogP contribution >= 0.6 is 0 Å². The van der Waals surface area contributed by atoms with Crippen molar-refractivity contribution in [2.75, 3.05) is 12.4 Å². The normalized spacial score (nSPS) is 24.3. The molecule has 1 spiro atoms. The molecule has 0 saturated heterocycles. The minimum absolute atomic E-state index is 0.0333. The first-order chi connectivity index (χ1) is 11.6. The monoisotopic (exact) mass is 322 g/mol. The highest BCUT2D eigenvalue weighted by Crippen LogP contribution is 2.60. The van der Waals surface area contributed by atoms with Crippen molar-refractivity contribution < 1.29 is 9.53 Å². The Morgan fingerprint density at radius 2 is 2.12 bits per heavy atom. The van der Waals surface area contributed by atoms with Gasteiger partial charge in [-0.2, -0.15) is 0 Å². The number of aromatic nitrogens is 1. The van der Waals surface area contributed by atoms with Crippen molar-refractivity contribution in [1.29, 1.82) is 0 Å². The summed E-state index contributed by atoms with van der Waals surface area (Å²) in [6.07, 6.45) is 4.32. The maximum absolute atomic E-state index is 12.8. The number of carbonyl (C=O) groups is 1. The van der Waals surface area contributed by atoms with Crippen LogP contribution in [0.3, 0.4) is 0 Å². The summed E-state index contributed by atoms with van der Waals surface area (Å²) in [5.41, 5.74) is 3.68. The lowest BCUT2D eigenvalue weighted by Gasteiger charge is -2.26. The fraction of sp³-hybridized carbons (Fsp3) is 0.400. The fourth-order valence-electron chi connectivity index (χ4n) is 4.18. The van der Waals surface area contributed by atoms with Crippen LogP contribution in [0.25, 0.3) is 0 Å². The molecule has 2 unspecified atom stereocenters. The first kappa shape index (κ1) is 15.2. The minimum Gasteiger partial charge on any atom is -0.493 e. The molecule has 0 bridgehead atoms. The van der Waals surface area contributed by atoms with Gasteiger partial charge in [-0.15, -0.1) is 0 Å². The molecule has 4 rings (SSSR count). The maximum Gasteiger partial charge on any atom is 0.229 e. The topological polar surface area (TPSA) is 51.2 Å². The first-order valence-corrected chi connectivity index (χ1v) is 8.55. The summed E-state index contributed by atoms with van der Waals surface area (Å²) in [5, 5.41) is 2.99. The Balaban J connectivity index is 1.57. The van der Waals surface area contributed by atoms with Crippen LogP contribution in [0, 0.1) is 12.8 Å². The minimum atomic E-state index is 0.0333. The van der Waals surface area contributed by atoms with Crippen LogP contribution in [0.5, 0.6) is 5.75 Å². The fourth-order valence-corrected chi connectivity index (χ4v) is 4.18. The Morgan fingerprint density at radius 1 is 1.29 bits per heavy atom. The van der Waals surface area contributed by atoms with Crippen LogP contribution < -0.4 is 10.1 Å². The van der Waals surface area contributed by atoms with Crippen LogP contribution in [-0.4, -0.2) is 18.0 Å². The number of nitrogens with one attached hydrogen (secondary N) is 1. The molecule has 1 N–H and O–H groups in total. The predicted octanol–water partition coefficient (Wildman–Crippen LogP) is 3.63. The van der Waals surface area contributed by atoms with E-state index in [0.29, 0.717) is 11.6 Å². The highest BCUT2D eigenvalue weighted by Gasteiger charge is 2.60. The van der Waals surface area contributed by atoms with Crippen LogP contribution in [-0.2, 0) is 16.6 Å². The third kappa shape index (κ3) is 2.37. The van der Waals surface area contributed by atoms with Gasteiger partial charge in [0.15, 0.2) is 11.6 Å². The zero-order chi connectivity index (χ0) is 16.7. The van der Waals surface area contributed by atoms with E-state index in [-0.39, 0.29) is 17.2 Å². The molecule has 1 amide bonds. The summed E-state index contributed by atoms with van der Waals surface area (Å²) in [6.45, 7) is 1.91. The number of nitrogens with zero attached hydrogens (tertiary/aromatic N) is 1. The van der Waals surface area contributed by atoms with Crippen LogP contribution in [0.1, 0.15) is 36.1 Å². The molecule has 1 saturated carbocycles. The number of amides is 1. The van der Waals surface area contributed by atoms with E-state index in [0.717, 1.165) is 31.4 Å². The first-order valence-electron chi connectivity index (χ1n) is 8.55. The lowest BCUT2D eigenvalue weighted by Crippen LogP contribution is -2.25. The molecule has 24 heavy (non-hydrogen) atoms. The molecule has 4 heteroatoms. The number of rotatable bonds is 3. The molecule has 2 atom stereocenters. The van der Waals surface area contributed by atoms with E-state index < -0.39 is 0 Å². The molecule has 2 aromatic rings. The molecule has 0 radical (unpaired) electrons. The standard InChI is InChI=1S/C20H22N2O2/c1-13-9-10-17(24-2)18(21-13)22-19(23)16-12-20(16)11-5-7-14-6-3-4-8-15(14)20/h3-4,6,8-10,16H,5,7,11-12H2,1-2H3,(H,21,22,23). The second-order valence-electron chi connectivity index (χ2n) is 6.92. The molecule has 2 aliphatic rings. The third-order valence-corrected chi connectivity index (χ3v) is 5.47. The second-order valence-corrected chi connectivity index (χ2v) is 6.92. The van der Waals surface area contributed by atoms with Gasteiger partial charge in [-0.3, -0.25) is 4.79 Å². The van der Waals surface area contributed by atoms with Gasteiger partial charge in [0.25, 0.3) is 0 Å². The second kappa shape index (κ2) is 5.62. The molecule has 0 aliphatic heterocycles. The average molecular weight is 322 g/mol. The molecular formula is C20H22N2O2. The predicted molar refractivity (Wildman–Crippen MR) is 93.3 cm³/mol. The van der Waals surface area contributed by atoms with Gasteiger partial charge in [0, 0.05) is 17.0 Å². The quantitative estimate of drug-likeness (QED) is 0.939. The highest BCUT2D eigenvalue weighted by atomic mass is 16.5. The number of carbonyl (C=O) groups excluding carboxylic acids is 1. The molecule has 1 heterocycles. The van der Waals surface area contributed by atoms with Crippen molar-refractivity contribution in [1.82, 2.24) is 4.98 Å². The van der Waals surface area contributed by atoms with Gasteiger partial charge in [-0.05, 0) is 55.9 Å². The summed E-state index contributed by atoms with van der Waals surface area (Å²) in [4.78, 5) is 17.2. The molecule has 1 aromatic carbocycles. The van der Waals surface area contributed by atoms with Gasteiger partial charge >= 0.3 is 0 Å². The van der Waals surface area contributed by atoms with Crippen molar-refractivity contribution in [2.45, 2.75) is 38.0 Å². The third-order valence-electron chi connectivity index (χ3n) is 5.47. The van der Waals surface area contributed by atoms with Crippen molar-refractivity contribution in [3.8, 4) is 5.75 Å². The van der Waals surface area contributed by atoms with Crippen LogP contribution in [0.2, 0.25) is 0 Å². The lowest BCUT2D eigenvalue weighted by molar-refractivity contribution is -0.117. The van der Waals surface area contributed by atoms with Crippen molar-refractivity contribution >= 4 is 11.7 Å². The SMILES string of the molecule is COc1ccc(C)nc1NC(=O)C1CC12CCCc1ccccc12. The Bertz CT molecular complexity index is 802. The van der Waals surface area contributed by atoms with Crippen molar-refractivity contribution in [3.05, 3.63) is 53.2 Å². The van der Waals surface area contributed by atoms with E-state index in [9.17, 15) is 4.79 Å². The maximum atomic E-state index is 12.8. The van der Waals surface area contributed by atoms with E-state index in [1.54, 1.807) is 7.11 Å². The lowest BCUT2D eigenvalue weighted by atomic mass is 9.78. The summed E-state index contributed by atoms with van der Waals surface area (Å²) in [5.74, 6) is 1.22. The summed E-state index contributed by atoms with van der Waals surface area (Å²) in [7, 11) is 1.60. The summed E-state index contributed by atoms with van der Waals surface area (Å²) < 4.78 is 5.32. The molecule has 124 valence electrons. The number of benzene rings is 1. The van der Waals surface area contributed by atoms with Crippen LogP contribution in [0.15, 0.2) is 36.4 Å². The Labute approximate surface area is 142 Å². The van der Waals surface area contributed by atoms with Gasteiger partial charge in [0.1, 0.15) is 0 Å². The molecular weight excluding hydrogens is 300 g/mol. The zero-order valence-electron chi connectivity index (χ0n) is 14.1. The van der Waals surface area contributed by atoms with E-state index in [2.05, 4.69) is 34.6 Å². The van der Waals surface area contributed by atoms with Gasteiger partial charge < -0.3 is 10.1 Å². The number of fused-ring (bicyclic) bond motifs is 2. The number of aryl methyl sites for hydroxylation is 2. The number of methoxy groups -OCH3 is 1. The van der Waals surface area contributed by atoms with Gasteiger partial charge in [0.05, 0.1) is 7.11 Å². The van der Waals surface area contributed by atoms with E-state index in [1.807, 2.05) is 19.1 Å². The Kier molecular flexibility index (Phi) is 3.56. The van der Waals surface area contributed by atoms with Crippen LogP contribution in [0.4, 0.5) is 5.82 Å². The van der Waals surface area contributed by atoms with E-state index in [1.165, 1.54) is 11.1 Å². The molecule has 1 fully saturated rings. The number of hydrogen-bond donors (Lipinski definition) is 1. The van der Waals surface area contributed by atoms with E-state index >= 15 is 0 Å². The van der Waals surface area contributed by atoms with Gasteiger partial charge in [-0.1, -0.05) is 24.3 Å². The van der Waals surface area contributed by atoms with E-state index in [4.69, 9.17) is 4.74 Å². The smallest absolute Gasteiger partial charge is 0.229 e. The summed E-state index contributed by atoms with van der Waals surface area (Å²) in [6, 6.07) is 12.3. The largest absolute Gasteiger partial charge is 0.493 e. The number of hydrogen-bond acceptors (Lipinski definition) is 3. The molecule has 1 aromatic heterocycles. The molecule has 2 aliphatic carbocycles. The highest BCUT2D eigenvalue weighted by molar-refractivity contribution is 5.96. The Hall–Kier alpha value is -2.36. The summed E-state index contributed by atoms with van der Waals surface area (Å²) >= 11 is 0. The molecule has 4 nitrogen and oxygen atoms in total.